The maximum absolute atomic E-state index is 13.1. The van der Waals surface area contributed by atoms with Gasteiger partial charge in [0.2, 0.25) is 5.91 Å². The molecule has 0 radical (unpaired) electrons. The SMILES string of the molecule is Cc1nc(-c2ccc(C(F)(F)F)cc2)sc1CCl.Cc1nc(-c2ccc(C(F)(F)F)cc2)sc1COc1ccc([C@H](CC(=O)O)c2ccon2)cc1.O=C(C[C@H](C1=NOCC1)c1ccc(O)cc1)N1C(=O)OC[C@@H]1Cc1ccccc1.O=CO[O-].[Cs+].[Cs+].[H-]. The number of carbonyl (C=O) groups excluding carboxylic acids is 3. The van der Waals surface area contributed by atoms with E-state index in [1.165, 1.54) is 58.1 Å². The van der Waals surface area contributed by atoms with Gasteiger partial charge in [0.05, 0.1) is 57.1 Å². The third-order valence-corrected chi connectivity index (χ3v) is 15.8. The van der Waals surface area contributed by atoms with Gasteiger partial charge in [-0.3, -0.25) is 14.4 Å². The third kappa shape index (κ3) is 21.6. The number of thiazole rings is 2. The standard InChI is InChI=1S/C24H19F3N2O4S.C22H22N2O5.C12H9ClF3NS.CH2O3.2Cs.H/c1-14-21(34-23(28-14)16-2-6-17(7-3-16)24(25,26)27)13-32-18-8-4-15(5-9-18)19(12-22(30)31)20-10-11-33-29-20;25-18-8-6-16(7-9-18)19(20-10-11-29-23-20)13-21(26)24-17(14-28-22(24)27)12-15-4-2-1-3-5-15;1-7-10(6-13)18-11(17-7)8-2-4-9(5-3-8)12(14,15)16;2-1-4-3;;;/h2-11,19H,12-13H2,1H3,(H,30,31);1-9,17,19,25H,10-14H2;2-5H,6H2,1H3;1,3H;;;/q;;;;2*+1;-1/p-1/t19-;17-,19-;;;;;/m00...../s1. The van der Waals surface area contributed by atoms with Crippen LogP contribution in [0.3, 0.4) is 0 Å². The monoisotopic (exact) mass is 1500 g/mol. The van der Waals surface area contributed by atoms with Gasteiger partial charge in [-0.2, -0.15) is 26.3 Å². The number of ether oxygens (including phenoxy) is 2. The van der Waals surface area contributed by atoms with E-state index < -0.39 is 41.5 Å². The quantitative estimate of drug-likeness (QED) is 0.0308. The van der Waals surface area contributed by atoms with Crippen LogP contribution in [0, 0.1) is 13.8 Å². The van der Waals surface area contributed by atoms with Crippen molar-refractivity contribution in [3.05, 3.63) is 194 Å². The van der Waals surface area contributed by atoms with Gasteiger partial charge in [0.1, 0.15) is 47.6 Å². The Morgan fingerprint density at radius 1 is 0.793 bits per heavy atom. The predicted octanol–water partition coefficient (Wildman–Crippen LogP) is 6.97. The topological polar surface area (TPSA) is 236 Å². The second kappa shape index (κ2) is 35.2. The number of aromatic hydroxyl groups is 1. The van der Waals surface area contributed by atoms with E-state index in [0.29, 0.717) is 57.9 Å². The van der Waals surface area contributed by atoms with Crippen molar-refractivity contribution >= 4 is 64.4 Å². The zero-order valence-electron chi connectivity index (χ0n) is 47.9. The first kappa shape index (κ1) is 73.2. The molecular weight excluding hydrogens is 1450 g/mol. The number of alkyl halides is 7. The van der Waals surface area contributed by atoms with Crippen molar-refractivity contribution < 1.29 is 224 Å². The number of hydrogen-bond acceptors (Lipinski definition) is 17. The minimum atomic E-state index is -4.38. The van der Waals surface area contributed by atoms with Gasteiger partial charge in [0.15, 0.2) is 0 Å². The Hall–Kier alpha value is -4.55. The normalized spacial score (nSPS) is 14.0. The molecule has 2 N–H and O–H groups in total. The van der Waals surface area contributed by atoms with Crippen LogP contribution >= 0.6 is 34.3 Å². The van der Waals surface area contributed by atoms with Gasteiger partial charge in [0.25, 0.3) is 6.47 Å². The maximum Gasteiger partial charge on any atom is 1.00 e. The molecule has 2 aliphatic rings. The van der Waals surface area contributed by atoms with Gasteiger partial charge in [-0.05, 0) is 85.5 Å². The number of carboxylic acids is 1. The van der Waals surface area contributed by atoms with Gasteiger partial charge < -0.3 is 40.6 Å². The molecule has 0 bridgehead atoms. The molecule has 1 fully saturated rings. The van der Waals surface area contributed by atoms with E-state index in [4.69, 9.17) is 40.5 Å². The molecule has 5 aromatic carbocycles. The van der Waals surface area contributed by atoms with E-state index in [2.05, 4.69) is 25.2 Å². The molecule has 3 atom stereocenters. The Morgan fingerprint density at radius 2 is 1.33 bits per heavy atom. The number of phenols is 1. The van der Waals surface area contributed by atoms with Gasteiger partial charge in [-0.1, -0.05) is 89.2 Å². The van der Waals surface area contributed by atoms with Crippen molar-refractivity contribution in [3.8, 4) is 32.6 Å². The fourth-order valence-electron chi connectivity index (χ4n) is 8.65. The summed E-state index contributed by atoms with van der Waals surface area (Å²) in [6.45, 7) is 4.38. The molecule has 448 valence electrons. The number of aliphatic carboxylic acids is 1. The van der Waals surface area contributed by atoms with E-state index in [9.17, 15) is 50.9 Å². The van der Waals surface area contributed by atoms with Crippen LogP contribution in [0.25, 0.3) is 21.1 Å². The van der Waals surface area contributed by atoms with Crippen LogP contribution in [0.5, 0.6) is 11.5 Å². The number of hydrogen-bond donors (Lipinski definition) is 2. The van der Waals surface area contributed by atoms with E-state index in [1.807, 2.05) is 44.2 Å². The summed E-state index contributed by atoms with van der Waals surface area (Å²) < 4.78 is 91.5. The average molecular weight is 1500 g/mol. The summed E-state index contributed by atoms with van der Waals surface area (Å²) in [5, 5.41) is 36.5. The molecule has 87 heavy (non-hydrogen) atoms. The number of phenolic OH excluding ortho intramolecular Hbond substituents is 1. The summed E-state index contributed by atoms with van der Waals surface area (Å²) in [5.41, 5.74) is 5.42. The van der Waals surface area contributed by atoms with E-state index >= 15 is 0 Å². The number of aryl methyl sites for hydroxylation is 2. The molecule has 3 aromatic heterocycles. The molecule has 0 unspecified atom stereocenters. The van der Waals surface area contributed by atoms with Crippen LogP contribution in [0.4, 0.5) is 31.1 Å². The minimum Gasteiger partial charge on any atom is -1.00 e. The van der Waals surface area contributed by atoms with Crippen LogP contribution < -0.4 is 148 Å². The first-order chi connectivity index (χ1) is 40.6. The van der Waals surface area contributed by atoms with Crippen LogP contribution in [-0.2, 0) is 60.1 Å². The fourth-order valence-corrected chi connectivity index (χ4v) is 10.9. The molecule has 5 heterocycles. The number of rotatable bonds is 17. The first-order valence-electron chi connectivity index (χ1n) is 25.6. The van der Waals surface area contributed by atoms with E-state index in [-0.39, 0.29) is 195 Å². The molecule has 2 amide bonds. The van der Waals surface area contributed by atoms with Crippen molar-refractivity contribution in [2.45, 2.75) is 82.2 Å². The maximum atomic E-state index is 13.1. The zero-order valence-corrected chi connectivity index (χ0v) is 61.9. The third-order valence-electron chi connectivity index (χ3n) is 13.0. The number of amides is 2. The van der Waals surface area contributed by atoms with Crippen LogP contribution in [0.2, 0.25) is 0 Å². The number of benzene rings is 5. The van der Waals surface area contributed by atoms with Crippen LogP contribution in [0.15, 0.2) is 149 Å². The Balaban J connectivity index is 0.000000279. The molecular formula is C59H52ClCs2F6N5O12S2. The molecule has 10 rings (SSSR count). The van der Waals surface area contributed by atoms with Gasteiger partial charge in [0, 0.05) is 46.7 Å². The van der Waals surface area contributed by atoms with Gasteiger partial charge in [-0.25, -0.2) is 19.7 Å². The molecule has 0 aliphatic carbocycles. The minimum absolute atomic E-state index is 0. The summed E-state index contributed by atoms with van der Waals surface area (Å²) in [5.74, 6) is -0.920. The summed E-state index contributed by atoms with van der Waals surface area (Å²) in [4.78, 5) is 64.9. The zero-order chi connectivity index (χ0) is 61.3. The predicted molar refractivity (Wildman–Crippen MR) is 299 cm³/mol. The average Bonchev–Trinajstić information content (AvgIpc) is 3.24. The number of carboxylic acid groups (broad SMARTS) is 1. The largest absolute Gasteiger partial charge is 1.00 e. The van der Waals surface area contributed by atoms with Crippen LogP contribution in [0.1, 0.15) is 87.2 Å². The summed E-state index contributed by atoms with van der Waals surface area (Å²) >= 11 is 8.50. The summed E-state index contributed by atoms with van der Waals surface area (Å²) in [6, 6.07) is 34.6. The smallest absolute Gasteiger partial charge is 1.00 e. The van der Waals surface area contributed by atoms with Crippen molar-refractivity contribution in [1.82, 2.24) is 20.0 Å². The molecule has 0 spiro atoms. The van der Waals surface area contributed by atoms with E-state index in [1.54, 1.807) is 54.6 Å². The number of nitrogens with zero attached hydrogens (tertiary/aromatic N) is 5. The molecule has 8 aromatic rings. The van der Waals surface area contributed by atoms with Crippen molar-refractivity contribution in [2.75, 3.05) is 13.2 Å². The number of carbonyl (C=O) groups is 4. The Labute approximate surface area is 626 Å². The second-order valence-corrected chi connectivity index (χ2v) is 21.1. The molecule has 28 heteroatoms. The molecule has 0 saturated carbocycles. The Morgan fingerprint density at radius 3 is 1.82 bits per heavy atom. The number of halogens is 7. The van der Waals surface area contributed by atoms with Crippen molar-refractivity contribution in [3.63, 3.8) is 0 Å². The summed E-state index contributed by atoms with van der Waals surface area (Å²) in [7, 11) is 0. The first-order valence-corrected chi connectivity index (χ1v) is 27.7. The van der Waals surface area contributed by atoms with E-state index in [0.717, 1.165) is 67.8 Å². The van der Waals surface area contributed by atoms with Crippen molar-refractivity contribution in [1.29, 1.82) is 0 Å². The fraction of sp³-hybridized carbons (Fsp3) is 0.254. The summed E-state index contributed by atoms with van der Waals surface area (Å²) in [6.07, 6.45) is -6.77. The Bertz CT molecular complexity index is 3520. The Kier molecular flexibility index (Phi) is 29.6. The second-order valence-electron chi connectivity index (χ2n) is 18.7. The van der Waals surface area contributed by atoms with Gasteiger partial charge >= 0.3 is 162 Å². The van der Waals surface area contributed by atoms with Gasteiger partial charge in [-0.15, -0.1) is 34.3 Å². The molecule has 2 aliphatic heterocycles. The molecule has 17 nitrogen and oxygen atoms in total. The number of imide groups is 1. The van der Waals surface area contributed by atoms with Crippen LogP contribution in [-0.4, -0.2) is 79.6 Å². The van der Waals surface area contributed by atoms with Crippen molar-refractivity contribution in [2.24, 2.45) is 5.16 Å². The number of oxime groups is 1. The molecule has 1 saturated heterocycles. The number of cyclic esters (lactones) is 1. The number of aromatic nitrogens is 3.